The number of nitrogens with zero attached hydrogens (tertiary/aromatic N) is 2. The van der Waals surface area contributed by atoms with Crippen molar-refractivity contribution in [3.63, 3.8) is 0 Å². The minimum absolute atomic E-state index is 0.0234. The van der Waals surface area contributed by atoms with Gasteiger partial charge >= 0.3 is 0 Å². The van der Waals surface area contributed by atoms with E-state index in [0.29, 0.717) is 12.2 Å². The van der Waals surface area contributed by atoms with Gasteiger partial charge in [-0.2, -0.15) is 0 Å². The number of aliphatic hydroxyl groups excluding tert-OH is 1. The SMILES string of the molecule is Cc1nc(C(=O)N(C)CCO)c(C)s1. The average Bonchev–Trinajstić information content (AvgIpc) is 2.44. The van der Waals surface area contributed by atoms with Crippen molar-refractivity contribution in [2.75, 3.05) is 20.2 Å². The normalized spacial score (nSPS) is 10.3. The van der Waals surface area contributed by atoms with E-state index in [0.717, 1.165) is 9.88 Å². The van der Waals surface area contributed by atoms with Crippen LogP contribution >= 0.6 is 11.3 Å². The molecule has 0 fully saturated rings. The van der Waals surface area contributed by atoms with E-state index in [4.69, 9.17) is 5.11 Å². The van der Waals surface area contributed by atoms with Crippen LogP contribution in [-0.2, 0) is 0 Å². The van der Waals surface area contributed by atoms with Gasteiger partial charge in [0.15, 0.2) is 0 Å². The zero-order valence-electron chi connectivity index (χ0n) is 8.57. The number of aliphatic hydroxyl groups is 1. The number of likely N-dealkylation sites (N-methyl/N-ethyl adjacent to an activating group) is 1. The average molecular weight is 214 g/mol. The highest BCUT2D eigenvalue weighted by Crippen LogP contribution is 2.17. The maximum atomic E-state index is 11.7. The third kappa shape index (κ3) is 2.30. The van der Waals surface area contributed by atoms with Crippen molar-refractivity contribution in [3.05, 3.63) is 15.6 Å². The van der Waals surface area contributed by atoms with Crippen molar-refractivity contribution < 1.29 is 9.90 Å². The molecule has 1 aromatic rings. The molecule has 0 aliphatic carbocycles. The third-order valence-corrected chi connectivity index (χ3v) is 2.77. The Labute approximate surface area is 87.2 Å². The topological polar surface area (TPSA) is 53.4 Å². The van der Waals surface area contributed by atoms with Crippen LogP contribution in [0.4, 0.5) is 0 Å². The van der Waals surface area contributed by atoms with Crippen LogP contribution in [0, 0.1) is 13.8 Å². The van der Waals surface area contributed by atoms with Gasteiger partial charge in [-0.05, 0) is 13.8 Å². The molecule has 0 saturated heterocycles. The number of hydrogen-bond acceptors (Lipinski definition) is 4. The number of rotatable bonds is 3. The Kier molecular flexibility index (Phi) is 3.60. The summed E-state index contributed by atoms with van der Waals surface area (Å²) < 4.78 is 0. The second kappa shape index (κ2) is 4.52. The lowest BCUT2D eigenvalue weighted by Gasteiger charge is -2.14. The fraction of sp³-hybridized carbons (Fsp3) is 0.556. The van der Waals surface area contributed by atoms with Gasteiger partial charge in [0.25, 0.3) is 5.91 Å². The molecule has 5 heteroatoms. The van der Waals surface area contributed by atoms with Crippen molar-refractivity contribution in [1.82, 2.24) is 9.88 Å². The van der Waals surface area contributed by atoms with E-state index in [1.165, 1.54) is 16.2 Å². The summed E-state index contributed by atoms with van der Waals surface area (Å²) in [5.74, 6) is -0.124. The summed E-state index contributed by atoms with van der Waals surface area (Å²) in [5, 5.41) is 9.59. The van der Waals surface area contributed by atoms with Crippen molar-refractivity contribution >= 4 is 17.2 Å². The first-order valence-corrected chi connectivity index (χ1v) is 5.18. The molecule has 0 saturated carbocycles. The van der Waals surface area contributed by atoms with E-state index < -0.39 is 0 Å². The van der Waals surface area contributed by atoms with Gasteiger partial charge in [-0.3, -0.25) is 4.79 Å². The van der Waals surface area contributed by atoms with E-state index in [9.17, 15) is 4.79 Å². The van der Waals surface area contributed by atoms with E-state index in [1.807, 2.05) is 13.8 Å². The second-order valence-corrected chi connectivity index (χ2v) is 4.50. The van der Waals surface area contributed by atoms with Crippen molar-refractivity contribution in [1.29, 1.82) is 0 Å². The first-order chi connectivity index (χ1) is 6.56. The van der Waals surface area contributed by atoms with Crippen molar-refractivity contribution in [3.8, 4) is 0 Å². The molecule has 0 aromatic carbocycles. The zero-order valence-corrected chi connectivity index (χ0v) is 9.39. The maximum absolute atomic E-state index is 11.7. The number of hydrogen-bond donors (Lipinski definition) is 1. The number of aromatic nitrogens is 1. The van der Waals surface area contributed by atoms with Crippen LogP contribution in [-0.4, -0.2) is 41.1 Å². The quantitative estimate of drug-likeness (QED) is 0.810. The highest BCUT2D eigenvalue weighted by atomic mass is 32.1. The summed E-state index contributed by atoms with van der Waals surface area (Å²) in [5.41, 5.74) is 0.503. The monoisotopic (exact) mass is 214 g/mol. The Balaban J connectivity index is 2.83. The second-order valence-electron chi connectivity index (χ2n) is 3.09. The van der Waals surface area contributed by atoms with Crippen molar-refractivity contribution in [2.45, 2.75) is 13.8 Å². The van der Waals surface area contributed by atoms with Gasteiger partial charge < -0.3 is 10.0 Å². The molecule has 0 atom stereocenters. The standard InChI is InChI=1S/C9H14N2O2S/c1-6-8(10-7(2)14-6)9(13)11(3)4-5-12/h12H,4-5H2,1-3H3. The third-order valence-electron chi connectivity index (χ3n) is 1.89. The fourth-order valence-corrected chi connectivity index (χ4v) is 1.97. The highest BCUT2D eigenvalue weighted by Gasteiger charge is 2.17. The smallest absolute Gasteiger partial charge is 0.273 e. The van der Waals surface area contributed by atoms with E-state index in [1.54, 1.807) is 7.05 Å². The number of carbonyl (C=O) groups is 1. The molecule has 1 amide bonds. The Morgan fingerprint density at radius 1 is 1.57 bits per heavy atom. The van der Waals surface area contributed by atoms with E-state index in [-0.39, 0.29) is 12.5 Å². The minimum Gasteiger partial charge on any atom is -0.395 e. The van der Waals surface area contributed by atoms with Crippen LogP contribution in [0.5, 0.6) is 0 Å². The van der Waals surface area contributed by atoms with Crippen molar-refractivity contribution in [2.24, 2.45) is 0 Å². The Bertz CT molecular complexity index is 336. The number of thiazole rings is 1. The number of aryl methyl sites for hydroxylation is 2. The summed E-state index contributed by atoms with van der Waals surface area (Å²) in [7, 11) is 1.66. The molecule has 0 aliphatic heterocycles. The minimum atomic E-state index is -0.124. The lowest BCUT2D eigenvalue weighted by Crippen LogP contribution is -2.30. The van der Waals surface area contributed by atoms with Gasteiger partial charge in [0.1, 0.15) is 5.69 Å². The first kappa shape index (κ1) is 11.1. The van der Waals surface area contributed by atoms with Crippen LogP contribution in [0.15, 0.2) is 0 Å². The summed E-state index contributed by atoms with van der Waals surface area (Å²) >= 11 is 1.51. The van der Waals surface area contributed by atoms with E-state index >= 15 is 0 Å². The molecule has 0 spiro atoms. The molecule has 14 heavy (non-hydrogen) atoms. The van der Waals surface area contributed by atoms with Crippen LogP contribution in [0.25, 0.3) is 0 Å². The Morgan fingerprint density at radius 3 is 2.64 bits per heavy atom. The van der Waals surface area contributed by atoms with Crippen LogP contribution in [0.1, 0.15) is 20.4 Å². The molecule has 0 radical (unpaired) electrons. The molecule has 4 nitrogen and oxygen atoms in total. The van der Waals surface area contributed by atoms with Gasteiger partial charge in [-0.25, -0.2) is 4.98 Å². The van der Waals surface area contributed by atoms with Crippen LogP contribution in [0.2, 0.25) is 0 Å². The highest BCUT2D eigenvalue weighted by molar-refractivity contribution is 7.11. The van der Waals surface area contributed by atoms with Gasteiger partial charge in [0.05, 0.1) is 11.6 Å². The lowest BCUT2D eigenvalue weighted by atomic mass is 10.3. The summed E-state index contributed by atoms with van der Waals surface area (Å²) in [4.78, 5) is 18.3. The first-order valence-electron chi connectivity index (χ1n) is 4.36. The molecule has 0 unspecified atom stereocenters. The van der Waals surface area contributed by atoms with Crippen LogP contribution in [0.3, 0.4) is 0 Å². The molecular formula is C9H14N2O2S. The predicted octanol–water partition coefficient (Wildman–Crippen LogP) is 0.824. The summed E-state index contributed by atoms with van der Waals surface area (Å²) in [6, 6.07) is 0. The summed E-state index contributed by atoms with van der Waals surface area (Å²) in [6.45, 7) is 4.07. The summed E-state index contributed by atoms with van der Waals surface area (Å²) in [6.07, 6.45) is 0. The molecular weight excluding hydrogens is 200 g/mol. The molecule has 78 valence electrons. The number of carbonyl (C=O) groups excluding carboxylic acids is 1. The molecule has 0 bridgehead atoms. The fourth-order valence-electron chi connectivity index (χ4n) is 1.16. The Hall–Kier alpha value is -0.940. The molecule has 1 aromatic heterocycles. The predicted molar refractivity (Wildman–Crippen MR) is 55.6 cm³/mol. The largest absolute Gasteiger partial charge is 0.395 e. The molecule has 1 N–H and O–H groups in total. The molecule has 1 rings (SSSR count). The van der Waals surface area contributed by atoms with Crippen LogP contribution < -0.4 is 0 Å². The lowest BCUT2D eigenvalue weighted by molar-refractivity contribution is 0.0761. The zero-order chi connectivity index (χ0) is 10.7. The van der Waals surface area contributed by atoms with Gasteiger partial charge in [0, 0.05) is 18.5 Å². The van der Waals surface area contributed by atoms with E-state index in [2.05, 4.69) is 4.98 Å². The van der Waals surface area contributed by atoms with Gasteiger partial charge in [-0.15, -0.1) is 11.3 Å². The maximum Gasteiger partial charge on any atom is 0.273 e. The van der Waals surface area contributed by atoms with Gasteiger partial charge in [0.2, 0.25) is 0 Å². The van der Waals surface area contributed by atoms with Gasteiger partial charge in [-0.1, -0.05) is 0 Å². The Morgan fingerprint density at radius 2 is 2.21 bits per heavy atom. The molecule has 0 aliphatic rings. The molecule has 1 heterocycles. The number of amides is 1.